The summed E-state index contributed by atoms with van der Waals surface area (Å²) in [6.07, 6.45) is -0.658. The lowest BCUT2D eigenvalue weighted by atomic mass is 10.2. The molecule has 0 aliphatic carbocycles. The quantitative estimate of drug-likeness (QED) is 0.893. The van der Waals surface area contributed by atoms with Gasteiger partial charge in [0.2, 0.25) is 0 Å². The van der Waals surface area contributed by atoms with E-state index in [1.165, 1.54) is 18.4 Å². The molecule has 2 heterocycles. The molecule has 22 heavy (non-hydrogen) atoms. The van der Waals surface area contributed by atoms with Crippen LogP contribution in [0.4, 0.5) is 9.93 Å². The Labute approximate surface area is 134 Å². The molecule has 2 amide bonds. The molecule has 114 valence electrons. The van der Waals surface area contributed by atoms with Crippen molar-refractivity contribution in [2.75, 3.05) is 12.4 Å². The highest BCUT2D eigenvalue weighted by atomic mass is 32.1. The number of hydrogen-bond donors (Lipinski definition) is 2. The van der Waals surface area contributed by atoms with Gasteiger partial charge in [0, 0.05) is 4.88 Å². The molecule has 0 bridgehead atoms. The zero-order valence-electron chi connectivity index (χ0n) is 11.7. The minimum absolute atomic E-state index is 0.263. The monoisotopic (exact) mass is 336 g/mol. The molecule has 9 heteroatoms. The van der Waals surface area contributed by atoms with Crippen molar-refractivity contribution in [1.82, 2.24) is 10.3 Å². The van der Waals surface area contributed by atoms with Crippen molar-refractivity contribution in [3.63, 3.8) is 0 Å². The lowest BCUT2D eigenvalue weighted by Crippen LogP contribution is -2.26. The highest BCUT2D eigenvalue weighted by Crippen LogP contribution is 2.24. The predicted molar refractivity (Wildman–Crippen MR) is 83.0 cm³/mol. The van der Waals surface area contributed by atoms with Crippen LogP contribution in [0.5, 0.6) is 0 Å². The number of aromatic nitrogens is 1. The van der Waals surface area contributed by atoms with Crippen LogP contribution in [0.25, 0.3) is 0 Å². The molecule has 7 nitrogen and oxygen atoms in total. The van der Waals surface area contributed by atoms with Crippen molar-refractivity contribution in [2.24, 2.45) is 0 Å². The van der Waals surface area contributed by atoms with Crippen LogP contribution >= 0.6 is 22.7 Å². The third-order valence-corrected chi connectivity index (χ3v) is 4.64. The molecule has 0 radical (unpaired) electrons. The normalized spacial score (nSPS) is 11.3. The fourth-order valence-electron chi connectivity index (χ4n) is 1.62. The van der Waals surface area contributed by atoms with Gasteiger partial charge >= 0.3 is 6.09 Å². The molecule has 0 spiro atoms. The summed E-state index contributed by atoms with van der Waals surface area (Å²) in [6, 6.07) is 4.92. The summed E-state index contributed by atoms with van der Waals surface area (Å²) < 4.78 is 4.47. The number of aryl methyl sites for hydroxylation is 1. The van der Waals surface area contributed by atoms with Crippen LogP contribution in [0, 0.1) is 18.3 Å². The van der Waals surface area contributed by atoms with Crippen molar-refractivity contribution in [2.45, 2.75) is 13.0 Å². The Kier molecular flexibility index (Phi) is 5.08. The molecule has 0 saturated carbocycles. The summed E-state index contributed by atoms with van der Waals surface area (Å²) in [6.45, 7) is 1.65. The fraction of sp³-hybridized carbons (Fsp3) is 0.231. The van der Waals surface area contributed by atoms with Gasteiger partial charge in [-0.05, 0) is 18.4 Å². The average molecular weight is 336 g/mol. The maximum absolute atomic E-state index is 12.3. The van der Waals surface area contributed by atoms with Gasteiger partial charge in [-0.1, -0.05) is 17.4 Å². The van der Waals surface area contributed by atoms with E-state index in [-0.39, 0.29) is 5.13 Å². The van der Waals surface area contributed by atoms with E-state index in [0.29, 0.717) is 10.6 Å². The Morgan fingerprint density at radius 1 is 1.50 bits per heavy atom. The van der Waals surface area contributed by atoms with Gasteiger partial charge in [-0.25, -0.2) is 9.78 Å². The number of nitriles is 1. The van der Waals surface area contributed by atoms with E-state index in [1.54, 1.807) is 13.0 Å². The Bertz CT molecular complexity index is 718. The number of carbonyl (C=O) groups is 2. The molecule has 0 aliphatic heterocycles. The first-order valence-corrected chi connectivity index (χ1v) is 7.81. The minimum atomic E-state index is -0.717. The number of methoxy groups -OCH3 is 1. The zero-order chi connectivity index (χ0) is 16.1. The number of hydrogen-bond acceptors (Lipinski definition) is 7. The molecule has 2 N–H and O–H groups in total. The van der Waals surface area contributed by atoms with E-state index >= 15 is 0 Å². The second-order valence-corrected chi connectivity index (χ2v) is 6.08. The van der Waals surface area contributed by atoms with E-state index in [0.717, 1.165) is 16.2 Å². The van der Waals surface area contributed by atoms with Crippen molar-refractivity contribution in [1.29, 1.82) is 5.26 Å². The van der Waals surface area contributed by atoms with Gasteiger partial charge < -0.3 is 10.1 Å². The van der Waals surface area contributed by atoms with Gasteiger partial charge in [0.1, 0.15) is 4.88 Å². The topological polar surface area (TPSA) is 104 Å². The summed E-state index contributed by atoms with van der Waals surface area (Å²) in [5.74, 6) is -0.409. The lowest BCUT2D eigenvalue weighted by Gasteiger charge is -2.08. The molecule has 0 aromatic carbocycles. The summed E-state index contributed by atoms with van der Waals surface area (Å²) >= 11 is 2.41. The van der Waals surface area contributed by atoms with E-state index in [9.17, 15) is 14.9 Å². The van der Waals surface area contributed by atoms with Gasteiger partial charge in [0.25, 0.3) is 5.91 Å². The van der Waals surface area contributed by atoms with E-state index in [1.807, 2.05) is 17.5 Å². The van der Waals surface area contributed by atoms with Crippen LogP contribution in [0.2, 0.25) is 0 Å². The van der Waals surface area contributed by atoms with Crippen LogP contribution in [0.15, 0.2) is 17.5 Å². The third kappa shape index (κ3) is 3.60. The smallest absolute Gasteiger partial charge is 0.413 e. The molecular weight excluding hydrogens is 324 g/mol. The Morgan fingerprint density at radius 3 is 2.86 bits per heavy atom. The average Bonchev–Trinajstić information content (AvgIpc) is 3.14. The number of carbonyl (C=O) groups excluding carboxylic acids is 2. The SMILES string of the molecule is COC(=O)Nc1nc(C)c(C(=O)NC(C#N)c2cccs2)s1. The van der Waals surface area contributed by atoms with Crippen LogP contribution in [0.3, 0.4) is 0 Å². The van der Waals surface area contributed by atoms with E-state index < -0.39 is 18.0 Å². The Hall–Kier alpha value is -2.44. The third-order valence-electron chi connectivity index (χ3n) is 2.63. The van der Waals surface area contributed by atoms with E-state index in [2.05, 4.69) is 20.4 Å². The number of anilines is 1. The molecule has 1 atom stereocenters. The van der Waals surface area contributed by atoms with Crippen LogP contribution in [0.1, 0.15) is 26.3 Å². The van der Waals surface area contributed by atoms with Crippen LogP contribution < -0.4 is 10.6 Å². The number of nitrogens with zero attached hydrogens (tertiary/aromatic N) is 2. The van der Waals surface area contributed by atoms with Crippen LogP contribution in [-0.2, 0) is 4.74 Å². The molecule has 1 unspecified atom stereocenters. The predicted octanol–water partition coefficient (Wildman–Crippen LogP) is 2.69. The summed E-state index contributed by atoms with van der Waals surface area (Å²) in [5, 5.41) is 16.3. The van der Waals surface area contributed by atoms with Crippen molar-refractivity contribution >= 4 is 39.8 Å². The molecule has 0 aliphatic rings. The van der Waals surface area contributed by atoms with E-state index in [4.69, 9.17) is 0 Å². The summed E-state index contributed by atoms with van der Waals surface area (Å²) in [5.41, 5.74) is 0.469. The standard InChI is InChI=1S/C13H12N4O3S2/c1-7-10(22-12(15-7)17-13(19)20-2)11(18)16-8(6-14)9-4-3-5-21-9/h3-5,8H,1-2H3,(H,16,18)(H,15,17,19). The van der Waals surface area contributed by atoms with Gasteiger partial charge in [0.15, 0.2) is 11.2 Å². The molecule has 2 rings (SSSR count). The number of thiophene rings is 1. The fourth-order valence-corrected chi connectivity index (χ4v) is 3.19. The van der Waals surface area contributed by atoms with Gasteiger partial charge in [-0.2, -0.15) is 5.26 Å². The minimum Gasteiger partial charge on any atom is -0.453 e. The number of amides is 2. The molecular formula is C13H12N4O3S2. The number of nitrogens with one attached hydrogen (secondary N) is 2. The van der Waals surface area contributed by atoms with Crippen molar-refractivity contribution in [3.8, 4) is 6.07 Å². The second-order valence-electron chi connectivity index (χ2n) is 4.10. The van der Waals surface area contributed by atoms with Gasteiger partial charge in [-0.15, -0.1) is 11.3 Å². The van der Waals surface area contributed by atoms with Gasteiger partial charge in [-0.3, -0.25) is 10.1 Å². The Balaban J connectivity index is 2.12. The Morgan fingerprint density at radius 2 is 2.27 bits per heavy atom. The first-order valence-electron chi connectivity index (χ1n) is 6.11. The van der Waals surface area contributed by atoms with Crippen molar-refractivity contribution < 1.29 is 14.3 Å². The maximum atomic E-state index is 12.3. The lowest BCUT2D eigenvalue weighted by molar-refractivity contribution is 0.0949. The highest BCUT2D eigenvalue weighted by molar-refractivity contribution is 7.17. The summed E-state index contributed by atoms with van der Waals surface area (Å²) in [7, 11) is 1.24. The first kappa shape index (κ1) is 15.9. The molecule has 2 aromatic rings. The number of thiazole rings is 1. The van der Waals surface area contributed by atoms with Crippen molar-refractivity contribution in [3.05, 3.63) is 33.0 Å². The number of ether oxygens (including phenoxy) is 1. The second kappa shape index (κ2) is 7.02. The largest absolute Gasteiger partial charge is 0.453 e. The van der Waals surface area contributed by atoms with Gasteiger partial charge in [0.05, 0.1) is 18.9 Å². The zero-order valence-corrected chi connectivity index (χ0v) is 13.4. The maximum Gasteiger partial charge on any atom is 0.413 e. The number of rotatable bonds is 4. The molecule has 0 fully saturated rings. The molecule has 0 saturated heterocycles. The van der Waals surface area contributed by atoms with Crippen LogP contribution in [-0.4, -0.2) is 24.1 Å². The first-order chi connectivity index (χ1) is 10.5. The summed E-state index contributed by atoms with van der Waals surface area (Å²) in [4.78, 5) is 28.6. The highest BCUT2D eigenvalue weighted by Gasteiger charge is 2.21. The molecule has 2 aromatic heterocycles.